The number of hydrogen-bond acceptors (Lipinski definition) is 3. The molecule has 7 heteroatoms. The van der Waals surface area contributed by atoms with Gasteiger partial charge in [0.2, 0.25) is 5.91 Å². The molecule has 0 bridgehead atoms. The number of likely N-dealkylation sites (tertiary alicyclic amines) is 1. The second-order valence-corrected chi connectivity index (χ2v) is 8.60. The van der Waals surface area contributed by atoms with Gasteiger partial charge in [0, 0.05) is 46.3 Å². The fraction of sp³-hybridized carbons (Fsp3) is 0.900. The first-order valence-electron chi connectivity index (χ1n) is 10.5. The summed E-state index contributed by atoms with van der Waals surface area (Å²) in [6.07, 6.45) is 10.6. The topological polar surface area (TPSA) is 60.0 Å². The molecule has 2 aliphatic carbocycles. The minimum absolute atomic E-state index is 0. The van der Waals surface area contributed by atoms with Crippen LogP contribution in [0.3, 0.4) is 0 Å². The lowest BCUT2D eigenvalue weighted by molar-refractivity contribution is -0.130. The van der Waals surface area contributed by atoms with Crippen molar-refractivity contribution in [1.29, 1.82) is 0 Å². The summed E-state index contributed by atoms with van der Waals surface area (Å²) in [6, 6.07) is 1.08. The van der Waals surface area contributed by atoms with Gasteiger partial charge in [-0.1, -0.05) is 32.1 Å². The Kier molecular flexibility index (Phi) is 9.11. The van der Waals surface area contributed by atoms with E-state index in [1.54, 1.807) is 4.90 Å². The number of rotatable bonds is 5. The Bertz CT molecular complexity index is 499. The summed E-state index contributed by atoms with van der Waals surface area (Å²) in [5.41, 5.74) is 0. The highest BCUT2D eigenvalue weighted by atomic mass is 127. The van der Waals surface area contributed by atoms with E-state index in [0.717, 1.165) is 43.7 Å². The van der Waals surface area contributed by atoms with Crippen molar-refractivity contribution in [3.63, 3.8) is 0 Å². The van der Waals surface area contributed by atoms with Crippen molar-refractivity contribution in [2.24, 2.45) is 16.8 Å². The van der Waals surface area contributed by atoms with E-state index >= 15 is 0 Å². The molecule has 0 radical (unpaired) electrons. The number of nitrogens with one attached hydrogen (secondary N) is 2. The smallest absolute Gasteiger partial charge is 0.236 e. The maximum Gasteiger partial charge on any atom is 0.236 e. The first-order valence-corrected chi connectivity index (χ1v) is 10.5. The average Bonchev–Trinajstić information content (AvgIpc) is 3.42. The predicted octanol–water partition coefficient (Wildman–Crippen LogP) is 2.29. The van der Waals surface area contributed by atoms with Crippen molar-refractivity contribution in [1.82, 2.24) is 20.4 Å². The van der Waals surface area contributed by atoms with Gasteiger partial charge < -0.3 is 15.5 Å². The van der Waals surface area contributed by atoms with Crippen molar-refractivity contribution in [2.75, 3.05) is 40.8 Å². The van der Waals surface area contributed by atoms with Gasteiger partial charge in [-0.2, -0.15) is 0 Å². The number of hydrogen-bond donors (Lipinski definition) is 2. The van der Waals surface area contributed by atoms with Crippen LogP contribution >= 0.6 is 24.0 Å². The summed E-state index contributed by atoms with van der Waals surface area (Å²) in [5.74, 6) is 2.97. The fourth-order valence-electron chi connectivity index (χ4n) is 4.57. The molecule has 0 spiro atoms. The third-order valence-electron chi connectivity index (χ3n) is 6.43. The molecule has 2 atom stereocenters. The monoisotopic (exact) mass is 491 g/mol. The van der Waals surface area contributed by atoms with E-state index in [1.165, 1.54) is 38.5 Å². The predicted molar refractivity (Wildman–Crippen MR) is 122 cm³/mol. The third kappa shape index (κ3) is 6.76. The largest absolute Gasteiger partial charge is 0.354 e. The Labute approximate surface area is 181 Å². The average molecular weight is 491 g/mol. The maximum atomic E-state index is 11.8. The van der Waals surface area contributed by atoms with E-state index in [0.29, 0.717) is 18.6 Å². The number of guanidine groups is 1. The molecule has 3 rings (SSSR count). The molecule has 0 aromatic heterocycles. The number of carbonyl (C=O) groups excluding carboxylic acids is 1. The molecule has 1 amide bonds. The van der Waals surface area contributed by atoms with Crippen LogP contribution in [-0.2, 0) is 4.79 Å². The van der Waals surface area contributed by atoms with E-state index in [4.69, 9.17) is 0 Å². The van der Waals surface area contributed by atoms with E-state index < -0.39 is 0 Å². The number of aliphatic imine (C=N–C) groups is 1. The zero-order valence-electron chi connectivity index (χ0n) is 17.2. The quantitative estimate of drug-likeness (QED) is 0.352. The Morgan fingerprint density at radius 1 is 1.07 bits per heavy atom. The van der Waals surface area contributed by atoms with Crippen LogP contribution in [0.2, 0.25) is 0 Å². The summed E-state index contributed by atoms with van der Waals surface area (Å²) in [4.78, 5) is 20.2. The van der Waals surface area contributed by atoms with E-state index in [-0.39, 0.29) is 29.9 Å². The number of likely N-dealkylation sites (N-methyl/N-ethyl adjacent to an activating group) is 1. The molecular weight excluding hydrogens is 453 g/mol. The standard InChI is InChI=1S/C20H37N5O.HI/c1-21-20(23-18-13-17(18)15-7-5-4-6-8-15)22-16-9-11-25(12-10-16)14-19(26)24(2)3;/h15-18H,4-14H2,1-3H3,(H2,21,22,23);1H. The summed E-state index contributed by atoms with van der Waals surface area (Å²) in [6.45, 7) is 2.49. The summed E-state index contributed by atoms with van der Waals surface area (Å²) >= 11 is 0. The van der Waals surface area contributed by atoms with Gasteiger partial charge in [0.1, 0.15) is 0 Å². The SMILES string of the molecule is CN=C(NC1CCN(CC(=O)N(C)C)CC1)NC1CC1C1CCCCC1.I. The Hall–Kier alpha value is -0.570. The van der Waals surface area contributed by atoms with Gasteiger partial charge in [-0.05, 0) is 31.1 Å². The lowest BCUT2D eigenvalue weighted by Gasteiger charge is -2.33. The van der Waals surface area contributed by atoms with Crippen molar-refractivity contribution < 1.29 is 4.79 Å². The maximum absolute atomic E-state index is 11.8. The highest BCUT2D eigenvalue weighted by Gasteiger charge is 2.43. The van der Waals surface area contributed by atoms with Crippen LogP contribution in [-0.4, -0.2) is 74.5 Å². The van der Waals surface area contributed by atoms with Crippen molar-refractivity contribution >= 4 is 35.8 Å². The van der Waals surface area contributed by atoms with Crippen molar-refractivity contribution in [3.05, 3.63) is 0 Å². The van der Waals surface area contributed by atoms with Crippen LogP contribution in [0.5, 0.6) is 0 Å². The van der Waals surface area contributed by atoms with Gasteiger partial charge in [-0.3, -0.25) is 14.7 Å². The minimum atomic E-state index is 0. The molecule has 156 valence electrons. The Balaban J connectivity index is 0.00000261. The lowest BCUT2D eigenvalue weighted by atomic mass is 9.85. The molecule has 2 N–H and O–H groups in total. The Morgan fingerprint density at radius 3 is 2.33 bits per heavy atom. The van der Waals surface area contributed by atoms with Gasteiger partial charge >= 0.3 is 0 Å². The first kappa shape index (κ1) is 22.7. The lowest BCUT2D eigenvalue weighted by Crippen LogP contribution is -2.50. The van der Waals surface area contributed by atoms with Crippen LogP contribution in [0.15, 0.2) is 4.99 Å². The number of piperidine rings is 1. The fourth-order valence-corrected chi connectivity index (χ4v) is 4.57. The second-order valence-electron chi connectivity index (χ2n) is 8.60. The molecule has 3 fully saturated rings. The molecule has 6 nitrogen and oxygen atoms in total. The summed E-state index contributed by atoms with van der Waals surface area (Å²) in [7, 11) is 5.52. The van der Waals surface area contributed by atoms with Crippen LogP contribution in [0.1, 0.15) is 51.4 Å². The normalized spacial score (nSPS) is 27.6. The van der Waals surface area contributed by atoms with Crippen LogP contribution in [0.4, 0.5) is 0 Å². The van der Waals surface area contributed by atoms with E-state index in [9.17, 15) is 4.79 Å². The van der Waals surface area contributed by atoms with Gasteiger partial charge in [0.15, 0.2) is 5.96 Å². The molecule has 0 aromatic carbocycles. The first-order chi connectivity index (χ1) is 12.6. The van der Waals surface area contributed by atoms with E-state index in [2.05, 4.69) is 20.5 Å². The van der Waals surface area contributed by atoms with Crippen LogP contribution < -0.4 is 10.6 Å². The summed E-state index contributed by atoms with van der Waals surface area (Å²) in [5, 5.41) is 7.27. The molecule has 1 aliphatic heterocycles. The van der Waals surface area contributed by atoms with Crippen molar-refractivity contribution in [3.8, 4) is 0 Å². The number of carbonyl (C=O) groups is 1. The van der Waals surface area contributed by atoms with Crippen LogP contribution in [0.25, 0.3) is 0 Å². The molecular formula is C20H38IN5O. The summed E-state index contributed by atoms with van der Waals surface area (Å²) < 4.78 is 0. The highest BCUT2D eigenvalue weighted by molar-refractivity contribution is 14.0. The number of nitrogens with zero attached hydrogens (tertiary/aromatic N) is 3. The third-order valence-corrected chi connectivity index (χ3v) is 6.43. The molecule has 1 saturated heterocycles. The molecule has 3 aliphatic rings. The highest BCUT2D eigenvalue weighted by Crippen LogP contribution is 2.44. The molecule has 0 aromatic rings. The zero-order valence-corrected chi connectivity index (χ0v) is 19.6. The molecule has 27 heavy (non-hydrogen) atoms. The molecule has 2 unspecified atom stereocenters. The van der Waals surface area contributed by atoms with Crippen molar-refractivity contribution in [2.45, 2.75) is 63.5 Å². The van der Waals surface area contributed by atoms with Crippen LogP contribution in [0, 0.1) is 11.8 Å². The minimum Gasteiger partial charge on any atom is -0.354 e. The number of halogens is 1. The van der Waals surface area contributed by atoms with Gasteiger partial charge in [-0.15, -0.1) is 24.0 Å². The molecule has 1 heterocycles. The van der Waals surface area contributed by atoms with Gasteiger partial charge in [0.05, 0.1) is 6.54 Å². The number of amides is 1. The van der Waals surface area contributed by atoms with Gasteiger partial charge in [0.25, 0.3) is 0 Å². The van der Waals surface area contributed by atoms with E-state index in [1.807, 2.05) is 21.1 Å². The Morgan fingerprint density at radius 2 is 1.74 bits per heavy atom. The van der Waals surface area contributed by atoms with Gasteiger partial charge in [-0.25, -0.2) is 0 Å². The second kappa shape index (κ2) is 10.8. The zero-order chi connectivity index (χ0) is 18.5. The molecule has 2 saturated carbocycles.